The van der Waals surface area contributed by atoms with Gasteiger partial charge in [0.2, 0.25) is 10.0 Å². The summed E-state index contributed by atoms with van der Waals surface area (Å²) in [5, 5.41) is 5.48. The number of hydrogen-bond acceptors (Lipinski definition) is 4. The Morgan fingerprint density at radius 2 is 1.79 bits per heavy atom. The van der Waals surface area contributed by atoms with Crippen LogP contribution in [0.15, 0.2) is 47.5 Å². The van der Waals surface area contributed by atoms with Gasteiger partial charge in [-0.05, 0) is 55.2 Å². The van der Waals surface area contributed by atoms with Gasteiger partial charge in [0.05, 0.1) is 4.90 Å². The fraction of sp³-hybridized carbons (Fsp3) is 0.400. The Labute approximate surface area is 166 Å². The van der Waals surface area contributed by atoms with Crippen molar-refractivity contribution in [1.82, 2.24) is 14.6 Å². The zero-order chi connectivity index (χ0) is 20.0. The molecule has 150 valence electrons. The topological polar surface area (TPSA) is 91.4 Å². The van der Waals surface area contributed by atoms with Crippen LogP contribution in [0, 0.1) is 0 Å². The number of pyridine rings is 1. The average Bonchev–Trinajstić information content (AvgIpc) is 2.73. The number of piperidine rings is 1. The number of urea groups is 1. The number of nitrogens with zero attached hydrogens (tertiary/aromatic N) is 2. The third-order valence-corrected chi connectivity index (χ3v) is 6.68. The quantitative estimate of drug-likeness (QED) is 0.776. The van der Waals surface area contributed by atoms with E-state index in [0.717, 1.165) is 36.9 Å². The lowest BCUT2D eigenvalue weighted by Crippen LogP contribution is -2.35. The van der Waals surface area contributed by atoms with Gasteiger partial charge in [-0.2, -0.15) is 4.31 Å². The van der Waals surface area contributed by atoms with Crippen molar-refractivity contribution in [3.63, 3.8) is 0 Å². The maximum absolute atomic E-state index is 12.6. The minimum atomic E-state index is -3.46. The van der Waals surface area contributed by atoms with Gasteiger partial charge >= 0.3 is 6.03 Å². The molecule has 0 spiro atoms. The first-order valence-corrected chi connectivity index (χ1v) is 11.0. The third-order valence-electron chi connectivity index (χ3n) is 4.77. The largest absolute Gasteiger partial charge is 0.334 e. The third kappa shape index (κ3) is 5.08. The summed E-state index contributed by atoms with van der Waals surface area (Å²) in [5.74, 6) is 0. The van der Waals surface area contributed by atoms with Gasteiger partial charge in [0.1, 0.15) is 0 Å². The minimum Gasteiger partial charge on any atom is -0.334 e. The van der Waals surface area contributed by atoms with E-state index in [0.29, 0.717) is 25.3 Å². The number of anilines is 1. The molecule has 0 unspecified atom stereocenters. The van der Waals surface area contributed by atoms with Crippen molar-refractivity contribution >= 4 is 21.7 Å². The summed E-state index contributed by atoms with van der Waals surface area (Å²) < 4.78 is 26.8. The smallest absolute Gasteiger partial charge is 0.319 e. The van der Waals surface area contributed by atoms with Crippen molar-refractivity contribution in [3.05, 3.63) is 53.9 Å². The predicted octanol–water partition coefficient (Wildman–Crippen LogP) is 3.14. The molecule has 0 saturated carbocycles. The summed E-state index contributed by atoms with van der Waals surface area (Å²) >= 11 is 0. The van der Waals surface area contributed by atoms with Crippen LogP contribution >= 0.6 is 0 Å². The van der Waals surface area contributed by atoms with Crippen molar-refractivity contribution in [1.29, 1.82) is 0 Å². The number of amides is 2. The Balaban J connectivity index is 1.55. The highest BCUT2D eigenvalue weighted by atomic mass is 32.2. The molecule has 2 amide bonds. The van der Waals surface area contributed by atoms with Crippen molar-refractivity contribution in [3.8, 4) is 0 Å². The molecule has 2 N–H and O–H groups in total. The predicted molar refractivity (Wildman–Crippen MR) is 109 cm³/mol. The fourth-order valence-electron chi connectivity index (χ4n) is 3.09. The highest BCUT2D eigenvalue weighted by molar-refractivity contribution is 7.89. The lowest BCUT2D eigenvalue weighted by Gasteiger charge is -2.25. The van der Waals surface area contributed by atoms with E-state index < -0.39 is 10.0 Å². The highest BCUT2D eigenvalue weighted by Gasteiger charge is 2.25. The first-order chi connectivity index (χ1) is 13.5. The Kier molecular flexibility index (Phi) is 6.64. The zero-order valence-electron chi connectivity index (χ0n) is 16.0. The Morgan fingerprint density at radius 1 is 1.07 bits per heavy atom. The Bertz CT molecular complexity index is 890. The van der Waals surface area contributed by atoms with Crippen molar-refractivity contribution in [2.24, 2.45) is 0 Å². The Morgan fingerprint density at radius 3 is 2.39 bits per heavy atom. The molecule has 1 aromatic carbocycles. The summed E-state index contributed by atoms with van der Waals surface area (Å²) in [6, 6.07) is 9.80. The van der Waals surface area contributed by atoms with Crippen LogP contribution in [-0.4, -0.2) is 36.8 Å². The second-order valence-corrected chi connectivity index (χ2v) is 8.75. The fourth-order valence-corrected chi connectivity index (χ4v) is 4.61. The van der Waals surface area contributed by atoms with E-state index in [2.05, 4.69) is 15.6 Å². The maximum atomic E-state index is 12.6. The van der Waals surface area contributed by atoms with E-state index in [-0.39, 0.29) is 10.9 Å². The van der Waals surface area contributed by atoms with E-state index in [1.54, 1.807) is 18.3 Å². The molecule has 7 nitrogen and oxygen atoms in total. The molecule has 0 radical (unpaired) electrons. The molecular weight excluding hydrogens is 376 g/mol. The molecule has 0 atom stereocenters. The van der Waals surface area contributed by atoms with Crippen molar-refractivity contribution < 1.29 is 13.2 Å². The van der Waals surface area contributed by atoms with Gasteiger partial charge in [-0.1, -0.05) is 19.4 Å². The number of carbonyl (C=O) groups is 1. The first-order valence-electron chi connectivity index (χ1n) is 9.58. The molecule has 3 rings (SSSR count). The summed E-state index contributed by atoms with van der Waals surface area (Å²) in [6.45, 7) is 3.54. The van der Waals surface area contributed by atoms with Gasteiger partial charge in [0.15, 0.2) is 0 Å². The van der Waals surface area contributed by atoms with E-state index in [9.17, 15) is 13.2 Å². The molecular formula is C20H26N4O3S. The Hall–Kier alpha value is -2.45. The SMILES string of the molecule is CCc1ccc(CNC(=O)Nc2ccc(S(=O)(=O)N3CCCCC3)cc2)cn1. The van der Waals surface area contributed by atoms with Gasteiger partial charge in [-0.25, -0.2) is 13.2 Å². The molecule has 1 fully saturated rings. The molecule has 8 heteroatoms. The number of benzene rings is 1. The summed E-state index contributed by atoms with van der Waals surface area (Å²) in [7, 11) is -3.46. The van der Waals surface area contributed by atoms with Crippen LogP contribution in [0.5, 0.6) is 0 Å². The molecule has 2 aromatic rings. The van der Waals surface area contributed by atoms with Crippen LogP contribution < -0.4 is 10.6 Å². The first kappa shape index (κ1) is 20.3. The molecule has 1 aliphatic rings. The number of nitrogens with one attached hydrogen (secondary N) is 2. The van der Waals surface area contributed by atoms with Crippen LogP contribution in [-0.2, 0) is 23.0 Å². The molecule has 0 aliphatic carbocycles. The van der Waals surface area contributed by atoms with Crippen LogP contribution in [0.1, 0.15) is 37.4 Å². The molecule has 28 heavy (non-hydrogen) atoms. The van der Waals surface area contributed by atoms with Gasteiger partial charge in [0, 0.05) is 37.2 Å². The van der Waals surface area contributed by atoms with Crippen LogP contribution in [0.2, 0.25) is 0 Å². The monoisotopic (exact) mass is 402 g/mol. The number of rotatable bonds is 6. The second-order valence-electron chi connectivity index (χ2n) is 6.81. The lowest BCUT2D eigenvalue weighted by molar-refractivity contribution is 0.251. The van der Waals surface area contributed by atoms with E-state index in [1.165, 1.54) is 16.4 Å². The normalized spacial score (nSPS) is 15.2. The lowest BCUT2D eigenvalue weighted by atomic mass is 10.2. The van der Waals surface area contributed by atoms with Crippen LogP contribution in [0.4, 0.5) is 10.5 Å². The van der Waals surface area contributed by atoms with Gasteiger partial charge in [-0.3, -0.25) is 4.98 Å². The van der Waals surface area contributed by atoms with Gasteiger partial charge in [0.25, 0.3) is 0 Å². The standard InChI is InChI=1S/C20H26N4O3S/c1-2-17-7-6-16(14-21-17)15-22-20(25)23-18-8-10-19(11-9-18)28(26,27)24-12-4-3-5-13-24/h6-11,14H,2-5,12-13,15H2,1H3,(H2,22,23,25). The summed E-state index contributed by atoms with van der Waals surface area (Å²) in [4.78, 5) is 16.6. The summed E-state index contributed by atoms with van der Waals surface area (Å²) in [6.07, 6.45) is 5.49. The maximum Gasteiger partial charge on any atom is 0.319 e. The van der Waals surface area contributed by atoms with E-state index >= 15 is 0 Å². The second kappa shape index (κ2) is 9.16. The number of aryl methyl sites for hydroxylation is 1. The minimum absolute atomic E-state index is 0.252. The molecule has 2 heterocycles. The van der Waals surface area contributed by atoms with Gasteiger partial charge < -0.3 is 10.6 Å². The highest BCUT2D eigenvalue weighted by Crippen LogP contribution is 2.21. The molecule has 1 aromatic heterocycles. The number of sulfonamides is 1. The van der Waals surface area contributed by atoms with E-state index in [4.69, 9.17) is 0 Å². The van der Waals surface area contributed by atoms with Gasteiger partial charge in [-0.15, -0.1) is 0 Å². The number of carbonyl (C=O) groups excluding carboxylic acids is 1. The van der Waals surface area contributed by atoms with E-state index in [1.807, 2.05) is 19.1 Å². The molecule has 1 aliphatic heterocycles. The van der Waals surface area contributed by atoms with Crippen LogP contribution in [0.3, 0.4) is 0 Å². The molecule has 1 saturated heterocycles. The zero-order valence-corrected chi connectivity index (χ0v) is 16.8. The van der Waals surface area contributed by atoms with Crippen LogP contribution in [0.25, 0.3) is 0 Å². The molecule has 0 bridgehead atoms. The number of hydrogen-bond donors (Lipinski definition) is 2. The average molecular weight is 403 g/mol. The van der Waals surface area contributed by atoms with Crippen molar-refractivity contribution in [2.45, 2.75) is 44.0 Å². The summed E-state index contributed by atoms with van der Waals surface area (Å²) in [5.41, 5.74) is 2.46. The van der Waals surface area contributed by atoms with Crippen molar-refractivity contribution in [2.75, 3.05) is 18.4 Å². The number of aromatic nitrogens is 1.